The van der Waals surface area contributed by atoms with E-state index in [4.69, 9.17) is 22.7 Å². The molecule has 1 aliphatic heterocycles. The van der Waals surface area contributed by atoms with Gasteiger partial charge in [0.2, 0.25) is 0 Å². The Morgan fingerprint density at radius 1 is 1.82 bits per heavy atom. The lowest BCUT2D eigenvalue weighted by Crippen LogP contribution is -2.47. The van der Waals surface area contributed by atoms with Crippen LogP contribution in [-0.2, 0) is 4.74 Å². The molecule has 1 rings (SSSR count). The van der Waals surface area contributed by atoms with Crippen LogP contribution in [0.25, 0.3) is 0 Å². The van der Waals surface area contributed by atoms with Crippen LogP contribution in [0.5, 0.6) is 0 Å². The van der Waals surface area contributed by atoms with Crippen LogP contribution in [-0.4, -0.2) is 35.8 Å². The van der Waals surface area contributed by atoms with E-state index in [1.165, 1.54) is 0 Å². The Balaban J connectivity index is 2.39. The third-order valence-corrected chi connectivity index (χ3v) is 2.16. The van der Waals surface area contributed by atoms with E-state index < -0.39 is 0 Å². The number of hydrogen-bond donors (Lipinski definition) is 1. The van der Waals surface area contributed by atoms with Crippen LogP contribution in [0.1, 0.15) is 13.3 Å². The number of morpholine rings is 1. The largest absolute Gasteiger partial charge is 0.376 e. The summed E-state index contributed by atoms with van der Waals surface area (Å²) in [5.74, 6) is 0. The summed E-state index contributed by atoms with van der Waals surface area (Å²) in [6.45, 7) is 4.54. The summed E-state index contributed by atoms with van der Waals surface area (Å²) in [5.41, 5.74) is 5.49. The highest BCUT2D eigenvalue weighted by Gasteiger charge is 2.18. The van der Waals surface area contributed by atoms with Gasteiger partial charge in [-0.1, -0.05) is 6.92 Å². The molecule has 0 aromatic heterocycles. The molecular weight excluding hydrogens is 160 g/mol. The minimum Gasteiger partial charge on any atom is -0.376 e. The zero-order valence-corrected chi connectivity index (χ0v) is 7.56. The molecule has 4 heteroatoms. The highest BCUT2D eigenvalue weighted by atomic mass is 32.1. The maximum atomic E-state index is 5.49. The van der Waals surface area contributed by atoms with Gasteiger partial charge in [-0.25, -0.2) is 0 Å². The van der Waals surface area contributed by atoms with Gasteiger partial charge in [0.1, 0.15) is 0 Å². The van der Waals surface area contributed by atoms with Crippen LogP contribution in [0, 0.1) is 0 Å². The smallest absolute Gasteiger partial charge is 0.166 e. The summed E-state index contributed by atoms with van der Waals surface area (Å²) in [7, 11) is 0. The van der Waals surface area contributed by atoms with E-state index in [1.807, 2.05) is 4.90 Å². The SMILES string of the molecule is CCC1CN(C(N)=S)CCO1. The van der Waals surface area contributed by atoms with Crippen LogP contribution in [0.2, 0.25) is 0 Å². The topological polar surface area (TPSA) is 38.5 Å². The minimum atomic E-state index is 0.310. The summed E-state index contributed by atoms with van der Waals surface area (Å²) in [6.07, 6.45) is 1.34. The molecule has 0 radical (unpaired) electrons. The molecule has 1 heterocycles. The van der Waals surface area contributed by atoms with Crippen LogP contribution in [0.4, 0.5) is 0 Å². The van der Waals surface area contributed by atoms with Gasteiger partial charge in [0.05, 0.1) is 12.7 Å². The van der Waals surface area contributed by atoms with Crippen molar-refractivity contribution in [2.24, 2.45) is 5.73 Å². The molecule has 1 unspecified atom stereocenters. The first-order chi connectivity index (χ1) is 5.24. The molecule has 1 atom stereocenters. The highest BCUT2D eigenvalue weighted by Crippen LogP contribution is 2.07. The lowest BCUT2D eigenvalue weighted by molar-refractivity contribution is -0.00659. The van der Waals surface area contributed by atoms with E-state index in [0.29, 0.717) is 11.2 Å². The maximum Gasteiger partial charge on any atom is 0.166 e. The normalized spacial score (nSPS) is 25.2. The zero-order chi connectivity index (χ0) is 8.27. The van der Waals surface area contributed by atoms with E-state index in [1.54, 1.807) is 0 Å². The average molecular weight is 174 g/mol. The minimum absolute atomic E-state index is 0.310. The van der Waals surface area contributed by atoms with E-state index in [-0.39, 0.29) is 0 Å². The van der Waals surface area contributed by atoms with Crippen molar-refractivity contribution in [1.82, 2.24) is 4.90 Å². The molecule has 0 aromatic carbocycles. The summed E-state index contributed by atoms with van der Waals surface area (Å²) in [4.78, 5) is 1.99. The number of ether oxygens (including phenoxy) is 1. The van der Waals surface area contributed by atoms with Gasteiger partial charge in [-0.15, -0.1) is 0 Å². The molecule has 0 saturated carbocycles. The number of nitrogens with zero attached hydrogens (tertiary/aromatic N) is 1. The third kappa shape index (κ3) is 2.31. The Morgan fingerprint density at radius 3 is 3.09 bits per heavy atom. The zero-order valence-electron chi connectivity index (χ0n) is 6.75. The van der Waals surface area contributed by atoms with Gasteiger partial charge >= 0.3 is 0 Å². The van der Waals surface area contributed by atoms with Crippen molar-refractivity contribution >= 4 is 17.3 Å². The number of thiocarbonyl (C=S) groups is 1. The Kier molecular flexibility index (Phi) is 3.08. The van der Waals surface area contributed by atoms with Crippen LogP contribution in [0.3, 0.4) is 0 Å². The first-order valence-corrected chi connectivity index (χ1v) is 4.31. The summed E-state index contributed by atoms with van der Waals surface area (Å²) >= 11 is 4.86. The molecule has 64 valence electrons. The van der Waals surface area contributed by atoms with Crippen molar-refractivity contribution < 1.29 is 4.74 Å². The molecule has 2 N–H and O–H groups in total. The fourth-order valence-electron chi connectivity index (χ4n) is 1.17. The second-order valence-corrected chi connectivity index (χ2v) is 3.10. The lowest BCUT2D eigenvalue weighted by Gasteiger charge is -2.32. The highest BCUT2D eigenvalue weighted by molar-refractivity contribution is 7.80. The quantitative estimate of drug-likeness (QED) is 0.582. The van der Waals surface area contributed by atoms with Gasteiger partial charge in [-0.2, -0.15) is 0 Å². The fraction of sp³-hybridized carbons (Fsp3) is 0.857. The Bertz CT molecular complexity index is 151. The number of nitrogens with two attached hydrogens (primary N) is 1. The molecule has 1 aliphatic rings. The number of rotatable bonds is 1. The van der Waals surface area contributed by atoms with E-state index in [0.717, 1.165) is 26.1 Å². The standard InChI is InChI=1S/C7H14N2OS/c1-2-6-5-9(7(8)11)3-4-10-6/h6H,2-5H2,1H3,(H2,8,11). The molecule has 1 saturated heterocycles. The van der Waals surface area contributed by atoms with Crippen molar-refractivity contribution in [1.29, 1.82) is 0 Å². The summed E-state index contributed by atoms with van der Waals surface area (Å²) in [5, 5.41) is 0.492. The van der Waals surface area contributed by atoms with Gasteiger partial charge in [0.25, 0.3) is 0 Å². The predicted octanol–water partition coefficient (Wildman–Crippen LogP) is 0.341. The van der Waals surface area contributed by atoms with Crippen molar-refractivity contribution in [3.05, 3.63) is 0 Å². The van der Waals surface area contributed by atoms with Crippen molar-refractivity contribution in [3.63, 3.8) is 0 Å². The van der Waals surface area contributed by atoms with Crippen molar-refractivity contribution in [2.75, 3.05) is 19.7 Å². The van der Waals surface area contributed by atoms with Crippen LogP contribution >= 0.6 is 12.2 Å². The number of hydrogen-bond acceptors (Lipinski definition) is 2. The van der Waals surface area contributed by atoms with Crippen molar-refractivity contribution in [3.8, 4) is 0 Å². The summed E-state index contributed by atoms with van der Waals surface area (Å²) < 4.78 is 5.45. The van der Waals surface area contributed by atoms with Crippen molar-refractivity contribution in [2.45, 2.75) is 19.4 Å². The Labute approximate surface area is 72.5 Å². The van der Waals surface area contributed by atoms with E-state index in [2.05, 4.69) is 6.92 Å². The molecule has 0 aromatic rings. The molecule has 11 heavy (non-hydrogen) atoms. The first-order valence-electron chi connectivity index (χ1n) is 3.90. The van der Waals surface area contributed by atoms with Gasteiger partial charge in [0, 0.05) is 13.1 Å². The lowest BCUT2D eigenvalue weighted by atomic mass is 10.2. The van der Waals surface area contributed by atoms with Gasteiger partial charge in [0.15, 0.2) is 5.11 Å². The average Bonchev–Trinajstić information content (AvgIpc) is 2.05. The molecule has 0 amide bonds. The molecule has 1 fully saturated rings. The monoisotopic (exact) mass is 174 g/mol. The van der Waals surface area contributed by atoms with Gasteiger partial charge < -0.3 is 15.4 Å². The Morgan fingerprint density at radius 2 is 2.55 bits per heavy atom. The third-order valence-electron chi connectivity index (χ3n) is 1.91. The summed E-state index contributed by atoms with van der Waals surface area (Å²) in [6, 6.07) is 0. The molecule has 0 bridgehead atoms. The fourth-order valence-corrected chi connectivity index (χ4v) is 1.33. The maximum absolute atomic E-state index is 5.49. The van der Waals surface area contributed by atoms with Crippen LogP contribution in [0.15, 0.2) is 0 Å². The van der Waals surface area contributed by atoms with Gasteiger partial charge in [-0.05, 0) is 18.6 Å². The molecular formula is C7H14N2OS. The molecule has 3 nitrogen and oxygen atoms in total. The second-order valence-electron chi connectivity index (χ2n) is 2.69. The predicted molar refractivity (Wildman–Crippen MR) is 48.4 cm³/mol. The van der Waals surface area contributed by atoms with Crippen LogP contribution < -0.4 is 5.73 Å². The van der Waals surface area contributed by atoms with E-state index >= 15 is 0 Å². The van der Waals surface area contributed by atoms with Gasteiger partial charge in [-0.3, -0.25) is 0 Å². The molecule has 0 aliphatic carbocycles. The van der Waals surface area contributed by atoms with E-state index in [9.17, 15) is 0 Å². The molecule has 0 spiro atoms. The second kappa shape index (κ2) is 3.88. The Hall–Kier alpha value is -0.350. The first kappa shape index (κ1) is 8.74.